The smallest absolute Gasteiger partial charge is 0.427 e. The topological polar surface area (TPSA) is 67.8 Å². The summed E-state index contributed by atoms with van der Waals surface area (Å²) >= 11 is 0. The van der Waals surface area contributed by atoms with E-state index in [0.717, 1.165) is 17.7 Å². The van der Waals surface area contributed by atoms with Gasteiger partial charge in [0.15, 0.2) is 0 Å². The summed E-state index contributed by atoms with van der Waals surface area (Å²) in [5.41, 5.74) is 0.213. The van der Waals surface area contributed by atoms with Crippen LogP contribution < -0.4 is 15.5 Å². The van der Waals surface area contributed by atoms with E-state index in [2.05, 4.69) is 10.1 Å². The number of halogens is 3. The molecule has 0 spiro atoms. The molecule has 0 saturated carbocycles. The molecular weight excluding hydrogens is 398 g/mol. The quantitative estimate of drug-likeness (QED) is 0.664. The van der Waals surface area contributed by atoms with Gasteiger partial charge in [-0.15, -0.1) is 13.2 Å². The monoisotopic (exact) mass is 422 g/mol. The molecule has 0 aliphatic carbocycles. The van der Waals surface area contributed by atoms with E-state index in [1.54, 1.807) is 52.8 Å². The van der Waals surface area contributed by atoms with Gasteiger partial charge in [-0.3, -0.25) is 4.79 Å². The lowest BCUT2D eigenvalue weighted by Crippen LogP contribution is -2.49. The zero-order chi connectivity index (χ0) is 22.7. The Labute approximate surface area is 174 Å². The Hall–Kier alpha value is -2.52. The fourth-order valence-corrected chi connectivity index (χ4v) is 2.27. The SMILES string of the molecule is Cc1c([B]OC(C)(C)C(C)(C)O)cccc1NC(=O)c1ccc(OC(F)(F)F)cc1. The summed E-state index contributed by atoms with van der Waals surface area (Å²) in [6.45, 7) is 8.61. The van der Waals surface area contributed by atoms with E-state index < -0.39 is 29.2 Å². The summed E-state index contributed by atoms with van der Waals surface area (Å²) in [6, 6.07) is 9.88. The van der Waals surface area contributed by atoms with Gasteiger partial charge in [0.1, 0.15) is 5.75 Å². The molecule has 2 aromatic rings. The highest BCUT2D eigenvalue weighted by atomic mass is 19.4. The van der Waals surface area contributed by atoms with Crippen LogP contribution in [0.2, 0.25) is 0 Å². The molecule has 0 fully saturated rings. The van der Waals surface area contributed by atoms with Crippen molar-refractivity contribution in [2.45, 2.75) is 52.2 Å². The van der Waals surface area contributed by atoms with Crippen LogP contribution in [0.15, 0.2) is 42.5 Å². The van der Waals surface area contributed by atoms with Gasteiger partial charge in [0, 0.05) is 11.3 Å². The van der Waals surface area contributed by atoms with Crippen LogP contribution in [0.5, 0.6) is 5.75 Å². The molecule has 0 unspecified atom stereocenters. The maximum atomic E-state index is 12.5. The first kappa shape index (κ1) is 23.8. The summed E-state index contributed by atoms with van der Waals surface area (Å²) < 4.78 is 46.3. The molecule has 1 amide bonds. The molecule has 2 aromatic carbocycles. The number of carbonyl (C=O) groups is 1. The number of aliphatic hydroxyl groups is 1. The largest absolute Gasteiger partial charge is 0.573 e. The molecule has 5 nitrogen and oxygen atoms in total. The van der Waals surface area contributed by atoms with Crippen LogP contribution in [0, 0.1) is 6.92 Å². The third-order valence-corrected chi connectivity index (χ3v) is 4.93. The van der Waals surface area contributed by atoms with Crippen LogP contribution in [-0.2, 0) is 4.65 Å². The van der Waals surface area contributed by atoms with Gasteiger partial charge in [0.2, 0.25) is 0 Å². The van der Waals surface area contributed by atoms with Gasteiger partial charge in [-0.05, 0) is 76.0 Å². The summed E-state index contributed by atoms with van der Waals surface area (Å²) in [4.78, 5) is 12.5. The fraction of sp³-hybridized carbons (Fsp3) is 0.381. The van der Waals surface area contributed by atoms with E-state index >= 15 is 0 Å². The number of alkyl halides is 3. The van der Waals surface area contributed by atoms with Gasteiger partial charge in [-0.25, -0.2) is 0 Å². The Morgan fingerprint density at radius 1 is 1.03 bits per heavy atom. The van der Waals surface area contributed by atoms with Crippen molar-refractivity contribution in [3.8, 4) is 5.75 Å². The van der Waals surface area contributed by atoms with Crippen LogP contribution >= 0.6 is 0 Å². The Morgan fingerprint density at radius 2 is 1.63 bits per heavy atom. The van der Waals surface area contributed by atoms with Crippen LogP contribution in [0.4, 0.5) is 18.9 Å². The van der Waals surface area contributed by atoms with E-state index in [0.29, 0.717) is 11.2 Å². The van der Waals surface area contributed by atoms with Crippen molar-refractivity contribution in [3.05, 3.63) is 53.6 Å². The Kier molecular flexibility index (Phi) is 6.88. The van der Waals surface area contributed by atoms with Gasteiger partial charge in [0.25, 0.3) is 5.91 Å². The average Bonchev–Trinajstić information content (AvgIpc) is 2.60. The first-order valence-corrected chi connectivity index (χ1v) is 9.20. The highest BCUT2D eigenvalue weighted by Gasteiger charge is 2.36. The number of carbonyl (C=O) groups excluding carboxylic acids is 1. The number of ether oxygens (including phenoxy) is 1. The summed E-state index contributed by atoms with van der Waals surface area (Å²) in [7, 11) is 1.52. The van der Waals surface area contributed by atoms with Crippen LogP contribution in [-0.4, -0.2) is 36.1 Å². The first-order valence-electron chi connectivity index (χ1n) is 9.20. The van der Waals surface area contributed by atoms with Crippen molar-refractivity contribution in [1.29, 1.82) is 0 Å². The van der Waals surface area contributed by atoms with Gasteiger partial charge in [0.05, 0.1) is 11.2 Å². The maximum absolute atomic E-state index is 12.5. The van der Waals surface area contributed by atoms with Crippen LogP contribution in [0.3, 0.4) is 0 Å². The maximum Gasteiger partial charge on any atom is 0.573 e. The second-order valence-electron chi connectivity index (χ2n) is 7.85. The average molecular weight is 422 g/mol. The van der Waals surface area contributed by atoms with Crippen molar-refractivity contribution in [3.63, 3.8) is 0 Å². The predicted molar refractivity (Wildman–Crippen MR) is 109 cm³/mol. The number of rotatable bonds is 7. The Balaban J connectivity index is 2.10. The number of hydrogen-bond acceptors (Lipinski definition) is 4. The van der Waals surface area contributed by atoms with Crippen molar-refractivity contribution in [2.75, 3.05) is 5.32 Å². The number of anilines is 1. The van der Waals surface area contributed by atoms with Crippen molar-refractivity contribution >= 4 is 24.5 Å². The second kappa shape index (κ2) is 8.69. The normalized spacial score (nSPS) is 12.4. The van der Waals surface area contributed by atoms with E-state index in [-0.39, 0.29) is 5.56 Å². The molecule has 0 atom stereocenters. The number of hydrogen-bond donors (Lipinski definition) is 2. The number of benzene rings is 2. The van der Waals surface area contributed by atoms with Crippen molar-refractivity contribution in [1.82, 2.24) is 0 Å². The van der Waals surface area contributed by atoms with Crippen LogP contribution in [0.1, 0.15) is 43.6 Å². The third-order valence-electron chi connectivity index (χ3n) is 4.93. The van der Waals surface area contributed by atoms with Gasteiger partial charge in [-0.2, -0.15) is 0 Å². The third kappa shape index (κ3) is 6.24. The molecule has 2 N–H and O–H groups in total. The minimum absolute atomic E-state index is 0.178. The number of amides is 1. The van der Waals surface area contributed by atoms with Gasteiger partial charge in [-0.1, -0.05) is 12.1 Å². The van der Waals surface area contributed by atoms with Gasteiger partial charge >= 0.3 is 13.8 Å². The molecule has 0 bridgehead atoms. The lowest BCUT2D eigenvalue weighted by Gasteiger charge is -2.37. The lowest BCUT2D eigenvalue weighted by molar-refractivity contribution is -0.274. The molecular formula is C21H24BF3NO4. The lowest BCUT2D eigenvalue weighted by atomic mass is 9.80. The van der Waals surface area contributed by atoms with E-state index in [1.165, 1.54) is 19.6 Å². The standard InChI is InChI=1S/C21H24BF3NO4/c1-13-16(22-30-20(4,5)19(2,3)28)7-6-8-17(13)26-18(27)14-9-11-15(12-10-14)29-21(23,24)25/h6-12,28H,1-5H3,(H,26,27). The Bertz CT molecular complexity index is 891. The molecule has 0 aliphatic rings. The molecule has 161 valence electrons. The molecule has 9 heteroatoms. The summed E-state index contributed by atoms with van der Waals surface area (Å²) in [5, 5.41) is 12.9. The molecule has 0 heterocycles. The summed E-state index contributed by atoms with van der Waals surface area (Å²) in [5.74, 6) is -0.884. The molecule has 0 aromatic heterocycles. The van der Waals surface area contributed by atoms with E-state index in [1.807, 2.05) is 0 Å². The fourth-order valence-electron chi connectivity index (χ4n) is 2.27. The van der Waals surface area contributed by atoms with Crippen molar-refractivity contribution in [2.24, 2.45) is 0 Å². The minimum atomic E-state index is -4.79. The molecule has 0 saturated heterocycles. The van der Waals surface area contributed by atoms with Crippen molar-refractivity contribution < 1.29 is 32.5 Å². The zero-order valence-corrected chi connectivity index (χ0v) is 17.4. The van der Waals surface area contributed by atoms with Crippen LogP contribution in [0.25, 0.3) is 0 Å². The zero-order valence-electron chi connectivity index (χ0n) is 17.4. The molecule has 30 heavy (non-hydrogen) atoms. The predicted octanol–water partition coefficient (Wildman–Crippen LogP) is 3.96. The van der Waals surface area contributed by atoms with E-state index in [9.17, 15) is 23.1 Å². The summed E-state index contributed by atoms with van der Waals surface area (Å²) in [6.07, 6.45) is -4.79. The highest BCUT2D eigenvalue weighted by molar-refractivity contribution is 6.48. The van der Waals surface area contributed by atoms with Gasteiger partial charge < -0.3 is 19.8 Å². The first-order chi connectivity index (χ1) is 13.7. The van der Waals surface area contributed by atoms with E-state index in [4.69, 9.17) is 4.65 Å². The molecule has 2 rings (SSSR count). The molecule has 1 radical (unpaired) electrons. The second-order valence-corrected chi connectivity index (χ2v) is 7.85. The minimum Gasteiger partial charge on any atom is -0.427 e. The molecule has 0 aliphatic heterocycles. The number of nitrogens with one attached hydrogen (secondary N) is 1. The Morgan fingerprint density at radius 3 is 2.17 bits per heavy atom. The highest BCUT2D eigenvalue weighted by Crippen LogP contribution is 2.25.